The lowest BCUT2D eigenvalue weighted by atomic mass is 10.2. The van der Waals surface area contributed by atoms with Gasteiger partial charge in [-0.2, -0.15) is 5.26 Å². The molecule has 0 saturated heterocycles. The quantitative estimate of drug-likeness (QED) is 0.885. The van der Waals surface area contributed by atoms with Crippen molar-refractivity contribution in [1.82, 2.24) is 0 Å². The maximum Gasteiger partial charge on any atom is 0.226 e. The molecule has 0 fully saturated rings. The first kappa shape index (κ1) is 14.9. The fourth-order valence-corrected chi connectivity index (χ4v) is 1.97. The number of halogens is 1. The van der Waals surface area contributed by atoms with Gasteiger partial charge in [-0.3, -0.25) is 4.79 Å². The number of hydrogen-bond donors (Lipinski definition) is 2. The SMILES string of the molecule is N#Cc1ccc(NC(=O)CCNc2ccccc2Cl)cc1. The summed E-state index contributed by atoms with van der Waals surface area (Å²) in [5, 5.41) is 15.2. The van der Waals surface area contributed by atoms with Gasteiger partial charge in [-0.05, 0) is 36.4 Å². The molecule has 0 spiro atoms. The molecule has 0 atom stereocenters. The number of para-hydroxylation sites is 1. The molecule has 2 aromatic carbocycles. The van der Waals surface area contributed by atoms with Crippen molar-refractivity contribution in [3.8, 4) is 6.07 Å². The third kappa shape index (κ3) is 4.51. The molecule has 2 rings (SSSR count). The number of nitrogens with zero attached hydrogens (tertiary/aromatic N) is 1. The van der Waals surface area contributed by atoms with Gasteiger partial charge in [0.25, 0.3) is 0 Å². The second kappa shape index (κ2) is 7.32. The Morgan fingerprint density at radius 3 is 2.52 bits per heavy atom. The summed E-state index contributed by atoms with van der Waals surface area (Å²) in [6.07, 6.45) is 0.325. The molecule has 0 bridgehead atoms. The van der Waals surface area contributed by atoms with E-state index in [9.17, 15) is 4.79 Å². The highest BCUT2D eigenvalue weighted by molar-refractivity contribution is 6.33. The minimum Gasteiger partial charge on any atom is -0.383 e. The number of amides is 1. The van der Waals surface area contributed by atoms with Gasteiger partial charge in [-0.25, -0.2) is 0 Å². The maximum atomic E-state index is 11.8. The molecule has 1 amide bonds. The summed E-state index contributed by atoms with van der Waals surface area (Å²) in [5.74, 6) is -0.0979. The molecule has 0 aliphatic rings. The minimum absolute atomic E-state index is 0.0979. The number of carbonyl (C=O) groups excluding carboxylic acids is 1. The zero-order valence-electron chi connectivity index (χ0n) is 11.3. The number of rotatable bonds is 5. The minimum atomic E-state index is -0.0979. The van der Waals surface area contributed by atoms with E-state index in [4.69, 9.17) is 16.9 Å². The Morgan fingerprint density at radius 2 is 1.86 bits per heavy atom. The summed E-state index contributed by atoms with van der Waals surface area (Å²) in [6.45, 7) is 0.492. The van der Waals surface area contributed by atoms with Crippen LogP contribution >= 0.6 is 11.6 Å². The van der Waals surface area contributed by atoms with Gasteiger partial charge in [0.2, 0.25) is 5.91 Å². The highest BCUT2D eigenvalue weighted by Gasteiger charge is 2.03. The molecule has 106 valence electrons. The predicted octanol–water partition coefficient (Wildman–Crippen LogP) is 3.65. The lowest BCUT2D eigenvalue weighted by molar-refractivity contribution is -0.115. The van der Waals surface area contributed by atoms with E-state index in [2.05, 4.69) is 10.6 Å². The van der Waals surface area contributed by atoms with Gasteiger partial charge in [-0.1, -0.05) is 23.7 Å². The van der Waals surface area contributed by atoms with Crippen molar-refractivity contribution in [2.24, 2.45) is 0 Å². The molecule has 21 heavy (non-hydrogen) atoms. The first-order valence-electron chi connectivity index (χ1n) is 6.47. The summed E-state index contributed by atoms with van der Waals surface area (Å²) in [7, 11) is 0. The van der Waals surface area contributed by atoms with Crippen molar-refractivity contribution >= 4 is 28.9 Å². The maximum absolute atomic E-state index is 11.8. The monoisotopic (exact) mass is 299 g/mol. The fourth-order valence-electron chi connectivity index (χ4n) is 1.77. The predicted molar refractivity (Wildman–Crippen MR) is 84.3 cm³/mol. The molecule has 0 unspecified atom stereocenters. The van der Waals surface area contributed by atoms with Crippen LogP contribution in [0.1, 0.15) is 12.0 Å². The van der Waals surface area contributed by atoms with Crippen LogP contribution in [0.3, 0.4) is 0 Å². The topological polar surface area (TPSA) is 64.9 Å². The molecule has 4 nitrogen and oxygen atoms in total. The van der Waals surface area contributed by atoms with Crippen molar-refractivity contribution in [3.63, 3.8) is 0 Å². The zero-order chi connectivity index (χ0) is 15.1. The average molecular weight is 300 g/mol. The number of anilines is 2. The number of carbonyl (C=O) groups is 1. The number of nitrogens with one attached hydrogen (secondary N) is 2. The Labute approximate surface area is 128 Å². The smallest absolute Gasteiger partial charge is 0.226 e. The molecular formula is C16H14ClN3O. The molecule has 0 aliphatic carbocycles. The average Bonchev–Trinajstić information content (AvgIpc) is 2.50. The molecule has 0 aromatic heterocycles. The number of hydrogen-bond acceptors (Lipinski definition) is 3. The van der Waals surface area contributed by atoms with Crippen LogP contribution in [-0.4, -0.2) is 12.5 Å². The third-order valence-electron chi connectivity index (χ3n) is 2.84. The van der Waals surface area contributed by atoms with E-state index in [1.165, 1.54) is 0 Å². The van der Waals surface area contributed by atoms with Crippen LogP contribution in [0.2, 0.25) is 5.02 Å². The van der Waals surface area contributed by atoms with E-state index in [0.717, 1.165) is 5.69 Å². The number of nitriles is 1. The molecule has 0 radical (unpaired) electrons. The molecule has 0 aliphatic heterocycles. The largest absolute Gasteiger partial charge is 0.383 e. The van der Waals surface area contributed by atoms with Crippen LogP contribution in [0, 0.1) is 11.3 Å². The highest BCUT2D eigenvalue weighted by atomic mass is 35.5. The Bertz CT molecular complexity index is 662. The third-order valence-corrected chi connectivity index (χ3v) is 3.17. The summed E-state index contributed by atoms with van der Waals surface area (Å²) in [4.78, 5) is 11.8. The van der Waals surface area contributed by atoms with Crippen LogP contribution in [0.15, 0.2) is 48.5 Å². The molecule has 2 aromatic rings. The lowest BCUT2D eigenvalue weighted by Crippen LogP contribution is -2.16. The van der Waals surface area contributed by atoms with Crippen molar-refractivity contribution in [2.45, 2.75) is 6.42 Å². The Hall–Kier alpha value is -2.51. The van der Waals surface area contributed by atoms with E-state index >= 15 is 0 Å². The zero-order valence-corrected chi connectivity index (χ0v) is 12.0. The number of benzene rings is 2. The van der Waals surface area contributed by atoms with Crippen molar-refractivity contribution in [3.05, 3.63) is 59.1 Å². The molecule has 0 saturated carbocycles. The molecular weight excluding hydrogens is 286 g/mol. The van der Waals surface area contributed by atoms with Crippen molar-refractivity contribution < 1.29 is 4.79 Å². The molecule has 2 N–H and O–H groups in total. The van der Waals surface area contributed by atoms with Gasteiger partial charge in [0.05, 0.1) is 22.3 Å². The fraction of sp³-hybridized carbons (Fsp3) is 0.125. The second-order valence-electron chi connectivity index (χ2n) is 4.39. The van der Waals surface area contributed by atoms with E-state index in [1.807, 2.05) is 24.3 Å². The standard InChI is InChI=1S/C16H14ClN3O/c17-14-3-1-2-4-15(14)19-10-9-16(21)20-13-7-5-12(11-18)6-8-13/h1-8,19H,9-10H2,(H,20,21). The van der Waals surface area contributed by atoms with Crippen LogP contribution in [0.5, 0.6) is 0 Å². The highest BCUT2D eigenvalue weighted by Crippen LogP contribution is 2.20. The summed E-state index contributed by atoms with van der Waals surface area (Å²) < 4.78 is 0. The van der Waals surface area contributed by atoms with Crippen LogP contribution in [-0.2, 0) is 4.79 Å². The van der Waals surface area contributed by atoms with Gasteiger partial charge in [-0.15, -0.1) is 0 Å². The van der Waals surface area contributed by atoms with Crippen LogP contribution in [0.4, 0.5) is 11.4 Å². The summed E-state index contributed by atoms with van der Waals surface area (Å²) in [6, 6.07) is 16.2. The first-order valence-corrected chi connectivity index (χ1v) is 6.85. The lowest BCUT2D eigenvalue weighted by Gasteiger charge is -2.08. The summed E-state index contributed by atoms with van der Waals surface area (Å²) in [5.41, 5.74) is 2.05. The Kier molecular flexibility index (Phi) is 5.19. The van der Waals surface area contributed by atoms with Crippen molar-refractivity contribution in [2.75, 3.05) is 17.2 Å². The second-order valence-corrected chi connectivity index (χ2v) is 4.80. The van der Waals surface area contributed by atoms with Gasteiger partial charge >= 0.3 is 0 Å². The van der Waals surface area contributed by atoms with Crippen LogP contribution < -0.4 is 10.6 Å². The Morgan fingerprint density at radius 1 is 1.14 bits per heavy atom. The summed E-state index contributed by atoms with van der Waals surface area (Å²) >= 11 is 6.01. The van der Waals surface area contributed by atoms with Gasteiger partial charge in [0.15, 0.2) is 0 Å². The normalized spacial score (nSPS) is 9.71. The van der Waals surface area contributed by atoms with Crippen LogP contribution in [0.25, 0.3) is 0 Å². The Balaban J connectivity index is 1.80. The van der Waals surface area contributed by atoms with Gasteiger partial charge < -0.3 is 10.6 Å². The van der Waals surface area contributed by atoms with Gasteiger partial charge in [0, 0.05) is 18.7 Å². The first-order chi connectivity index (χ1) is 10.2. The van der Waals surface area contributed by atoms with E-state index in [1.54, 1.807) is 30.3 Å². The van der Waals surface area contributed by atoms with E-state index in [-0.39, 0.29) is 5.91 Å². The van der Waals surface area contributed by atoms with Gasteiger partial charge in [0.1, 0.15) is 0 Å². The van der Waals surface area contributed by atoms with Crippen molar-refractivity contribution in [1.29, 1.82) is 5.26 Å². The molecule has 0 heterocycles. The molecule has 5 heteroatoms. The van der Waals surface area contributed by atoms with E-state index < -0.39 is 0 Å². The van der Waals surface area contributed by atoms with E-state index in [0.29, 0.717) is 29.2 Å².